The number of hydrogen-bond acceptors (Lipinski definition) is 7. The normalized spacial score (nSPS) is 13.0. The van der Waals surface area contributed by atoms with Crippen LogP contribution in [0.5, 0.6) is 5.75 Å². The number of alkyl halides is 3. The van der Waals surface area contributed by atoms with Crippen molar-refractivity contribution < 1.29 is 27.8 Å². The van der Waals surface area contributed by atoms with Crippen LogP contribution in [0.1, 0.15) is 63.3 Å². The lowest BCUT2D eigenvalue weighted by Crippen LogP contribution is -2.26. The molecule has 12 heteroatoms. The molecule has 2 aromatic heterocycles. The number of carbonyl (C=O) groups excluding carboxylic acids is 1. The summed E-state index contributed by atoms with van der Waals surface area (Å²) in [6.45, 7) is 8.91. The van der Waals surface area contributed by atoms with Gasteiger partial charge in [0.15, 0.2) is 17.2 Å². The molecule has 0 saturated heterocycles. The number of hydrogen-bond donors (Lipinski definition) is 2. The summed E-state index contributed by atoms with van der Waals surface area (Å²) in [6, 6.07) is 10.3. The quantitative estimate of drug-likeness (QED) is 0.201. The molecule has 0 aliphatic carbocycles. The number of nitrogens with zero attached hydrogens (tertiary/aromatic N) is 5. The monoisotopic (exact) mass is 612 g/mol. The minimum atomic E-state index is -4.76. The zero-order chi connectivity index (χ0) is 32.0. The molecule has 0 fully saturated rings. The Labute approximate surface area is 254 Å². The van der Waals surface area contributed by atoms with Crippen LogP contribution in [0.2, 0.25) is 0 Å². The first-order chi connectivity index (χ1) is 21.1. The van der Waals surface area contributed by atoms with Gasteiger partial charge in [-0.05, 0) is 74.2 Å². The number of likely N-dealkylation sites (N-methyl/N-ethyl adjacent to an activating group) is 1. The van der Waals surface area contributed by atoms with E-state index in [1.165, 1.54) is 13.2 Å². The van der Waals surface area contributed by atoms with Crippen LogP contribution < -0.4 is 20.2 Å². The Morgan fingerprint density at radius 1 is 1.16 bits per heavy atom. The third-order valence-corrected chi connectivity index (χ3v) is 7.75. The smallest absolute Gasteiger partial charge is 0.435 e. The predicted molar refractivity (Wildman–Crippen MR) is 165 cm³/mol. The number of aliphatic hydroxyl groups excluding tert-OH is 1. The van der Waals surface area contributed by atoms with Crippen molar-refractivity contribution in [2.45, 2.75) is 59.6 Å². The van der Waals surface area contributed by atoms with Crippen LogP contribution in [0.3, 0.4) is 0 Å². The van der Waals surface area contributed by atoms with Crippen LogP contribution in [0.25, 0.3) is 23.1 Å². The number of halogens is 3. The molecule has 44 heavy (non-hydrogen) atoms. The molecule has 2 N–H and O–H groups in total. The lowest BCUT2D eigenvalue weighted by atomic mass is 9.98. The van der Waals surface area contributed by atoms with E-state index in [2.05, 4.69) is 27.5 Å². The maximum atomic E-state index is 14.3. The van der Waals surface area contributed by atoms with Crippen LogP contribution >= 0.6 is 0 Å². The van der Waals surface area contributed by atoms with Crippen LogP contribution in [-0.4, -0.2) is 57.6 Å². The van der Waals surface area contributed by atoms with Gasteiger partial charge in [0.2, 0.25) is 5.91 Å². The number of rotatable bonds is 13. The summed E-state index contributed by atoms with van der Waals surface area (Å²) < 4.78 is 49.5. The molecule has 1 amide bonds. The molecule has 1 atom stereocenters. The third kappa shape index (κ3) is 6.96. The van der Waals surface area contributed by atoms with E-state index in [1.807, 2.05) is 37.8 Å². The molecular formula is C32H39F3N6O3. The summed E-state index contributed by atoms with van der Waals surface area (Å²) in [5.41, 5.74) is 1.82. The first kappa shape index (κ1) is 32.7. The van der Waals surface area contributed by atoms with Gasteiger partial charge in [0.1, 0.15) is 5.75 Å². The van der Waals surface area contributed by atoms with Gasteiger partial charge in [0.05, 0.1) is 24.5 Å². The largest absolute Gasteiger partial charge is 0.496 e. The first-order valence-electron chi connectivity index (χ1n) is 14.9. The summed E-state index contributed by atoms with van der Waals surface area (Å²) in [7, 11) is 1.44. The van der Waals surface area contributed by atoms with Crippen molar-refractivity contribution in [2.75, 3.05) is 37.0 Å². The molecule has 0 radical (unpaired) electrons. The summed E-state index contributed by atoms with van der Waals surface area (Å²) in [5, 5.41) is 24.3. The van der Waals surface area contributed by atoms with E-state index in [0.717, 1.165) is 35.0 Å². The maximum Gasteiger partial charge on any atom is 0.435 e. The number of amides is 1. The Bertz CT molecular complexity index is 1650. The van der Waals surface area contributed by atoms with Gasteiger partial charge < -0.3 is 20.1 Å². The predicted octanol–water partition coefficient (Wildman–Crippen LogP) is 5.65. The van der Waals surface area contributed by atoms with Crippen molar-refractivity contribution in [1.82, 2.24) is 19.8 Å². The highest BCUT2D eigenvalue weighted by Gasteiger charge is 2.37. The summed E-state index contributed by atoms with van der Waals surface area (Å²) in [5.74, 6) is 0.116. The number of methoxy groups -OCH3 is 1. The molecule has 2 heterocycles. The average Bonchev–Trinajstić information content (AvgIpc) is 3.57. The van der Waals surface area contributed by atoms with Gasteiger partial charge in [0.25, 0.3) is 0 Å². The second kappa shape index (κ2) is 14.1. The van der Waals surface area contributed by atoms with Crippen molar-refractivity contribution in [3.05, 3.63) is 58.4 Å². The van der Waals surface area contributed by atoms with Gasteiger partial charge in [-0.2, -0.15) is 22.8 Å². The Balaban J connectivity index is 1.80. The van der Waals surface area contributed by atoms with Gasteiger partial charge in [-0.15, -0.1) is 10.2 Å². The summed E-state index contributed by atoms with van der Waals surface area (Å²) >= 11 is 0. The topological polar surface area (TPSA) is 105 Å². The molecule has 4 rings (SSSR count). The number of aromatic nitrogens is 4. The fourth-order valence-corrected chi connectivity index (χ4v) is 5.25. The molecule has 0 aliphatic rings. The minimum absolute atomic E-state index is 0.0135. The number of benzene rings is 2. The SMILES string of the molecule is CCCCC(CC)C(=O)Nc1ccc(OC)c(-c2nnc3/c(=C\c4ccc(N(CC)CCO)cc4C)c(C(F)(F)F)nn23)c1. The second-order valence-electron chi connectivity index (χ2n) is 10.7. The summed E-state index contributed by atoms with van der Waals surface area (Å²) in [4.78, 5) is 14.9. The van der Waals surface area contributed by atoms with Gasteiger partial charge in [0, 0.05) is 30.4 Å². The Kier molecular flexibility index (Phi) is 10.5. The number of aliphatic hydroxyl groups is 1. The number of aryl methyl sites for hydroxylation is 1. The fourth-order valence-electron chi connectivity index (χ4n) is 5.25. The van der Waals surface area contributed by atoms with E-state index in [-0.39, 0.29) is 35.1 Å². The van der Waals surface area contributed by atoms with E-state index >= 15 is 0 Å². The molecule has 236 valence electrons. The number of fused-ring (bicyclic) bond motifs is 1. The lowest BCUT2D eigenvalue weighted by Gasteiger charge is -2.22. The van der Waals surface area contributed by atoms with Crippen molar-refractivity contribution in [1.29, 1.82) is 0 Å². The Morgan fingerprint density at radius 3 is 2.55 bits per heavy atom. The number of unbranched alkanes of at least 4 members (excludes halogenated alkanes) is 1. The summed E-state index contributed by atoms with van der Waals surface area (Å²) in [6.07, 6.45) is 0.0407. The molecule has 0 aliphatic heterocycles. The number of anilines is 2. The highest BCUT2D eigenvalue weighted by molar-refractivity contribution is 5.93. The molecule has 4 aromatic rings. The minimum Gasteiger partial charge on any atom is -0.496 e. The molecule has 0 spiro atoms. The zero-order valence-corrected chi connectivity index (χ0v) is 25.7. The number of ether oxygens (including phenoxy) is 1. The van der Waals surface area contributed by atoms with Crippen molar-refractivity contribution >= 4 is 29.0 Å². The van der Waals surface area contributed by atoms with Crippen LogP contribution in [0.4, 0.5) is 24.5 Å². The molecule has 9 nitrogen and oxygen atoms in total. The van der Waals surface area contributed by atoms with Gasteiger partial charge in [-0.1, -0.05) is 32.8 Å². The van der Waals surface area contributed by atoms with E-state index in [9.17, 15) is 23.1 Å². The number of carbonyl (C=O) groups is 1. The van der Waals surface area contributed by atoms with Crippen molar-refractivity contribution in [3.8, 4) is 17.1 Å². The van der Waals surface area contributed by atoms with E-state index < -0.39 is 11.9 Å². The van der Waals surface area contributed by atoms with E-state index in [4.69, 9.17) is 4.74 Å². The Morgan fingerprint density at radius 2 is 1.93 bits per heavy atom. The third-order valence-electron chi connectivity index (χ3n) is 7.75. The second-order valence-corrected chi connectivity index (χ2v) is 10.7. The maximum absolute atomic E-state index is 14.3. The average molecular weight is 613 g/mol. The molecular weight excluding hydrogens is 573 g/mol. The zero-order valence-electron chi connectivity index (χ0n) is 25.7. The standard InChI is InChI=1S/C32H39F3N6O3/c1-6-9-10-21(7-2)31(43)36-23-12-14-27(44-5)25(19-23)29-37-38-30-26(28(32(33,34)35)39-41(29)30)18-22-11-13-24(17-20(22)4)40(8-3)15-16-42/h11-14,17-19,21,42H,6-10,15-16H2,1-5H3,(H,36,43)/b26-18-. The van der Waals surface area contributed by atoms with Gasteiger partial charge >= 0.3 is 6.18 Å². The first-order valence-corrected chi connectivity index (χ1v) is 14.9. The Hall–Kier alpha value is -4.19. The molecule has 1 unspecified atom stereocenters. The van der Waals surface area contributed by atoms with E-state index in [0.29, 0.717) is 42.1 Å². The lowest BCUT2D eigenvalue weighted by molar-refractivity contribution is -0.142. The van der Waals surface area contributed by atoms with E-state index in [1.54, 1.807) is 24.3 Å². The number of nitrogens with one attached hydrogen (secondary N) is 1. The van der Waals surface area contributed by atoms with Crippen LogP contribution in [0.15, 0.2) is 36.4 Å². The highest BCUT2D eigenvalue weighted by Crippen LogP contribution is 2.33. The van der Waals surface area contributed by atoms with Crippen molar-refractivity contribution in [2.24, 2.45) is 5.92 Å². The van der Waals surface area contributed by atoms with Gasteiger partial charge in [-0.25, -0.2) is 0 Å². The van der Waals surface area contributed by atoms with Crippen molar-refractivity contribution in [3.63, 3.8) is 0 Å². The fraction of sp³-hybridized carbons (Fsp3) is 0.438. The molecule has 2 aromatic carbocycles. The van der Waals surface area contributed by atoms with Gasteiger partial charge in [-0.3, -0.25) is 4.79 Å². The van der Waals surface area contributed by atoms with Crippen LogP contribution in [0, 0.1) is 12.8 Å². The van der Waals surface area contributed by atoms with Crippen LogP contribution in [-0.2, 0) is 11.0 Å². The molecule has 0 bridgehead atoms. The highest BCUT2D eigenvalue weighted by atomic mass is 19.4. The molecule has 0 saturated carbocycles.